The Morgan fingerprint density at radius 3 is 2.63 bits per heavy atom. The lowest BCUT2D eigenvalue weighted by molar-refractivity contribution is 0.0502. The molecule has 0 aliphatic rings. The third-order valence-corrected chi connectivity index (χ3v) is 5.90. The molecule has 30 heavy (non-hydrogen) atoms. The minimum absolute atomic E-state index is 0.292. The molecule has 5 rings (SSSR count). The van der Waals surface area contributed by atoms with Gasteiger partial charge in [0.1, 0.15) is 5.82 Å². The molecule has 0 unspecified atom stereocenters. The Balaban J connectivity index is 1.94. The molecule has 0 aliphatic carbocycles. The van der Waals surface area contributed by atoms with Crippen molar-refractivity contribution in [2.75, 3.05) is 6.61 Å². The lowest BCUT2D eigenvalue weighted by Gasteiger charge is -2.11. The summed E-state index contributed by atoms with van der Waals surface area (Å²) in [5, 5.41) is 5.83. The van der Waals surface area contributed by atoms with Crippen molar-refractivity contribution in [2.24, 2.45) is 7.05 Å². The SMILES string of the molecule is CCCCOC(=O)c1cc2c3ccccc3ccc2c2c3cc(F)ccc3n(C)c12. The zero-order valence-electron chi connectivity index (χ0n) is 17.0. The van der Waals surface area contributed by atoms with Gasteiger partial charge in [-0.25, -0.2) is 9.18 Å². The highest BCUT2D eigenvalue weighted by Crippen LogP contribution is 2.39. The van der Waals surface area contributed by atoms with Crippen LogP contribution in [0.4, 0.5) is 4.39 Å². The summed E-state index contributed by atoms with van der Waals surface area (Å²) in [5.41, 5.74) is 2.18. The lowest BCUT2D eigenvalue weighted by Crippen LogP contribution is -2.08. The van der Waals surface area contributed by atoms with E-state index in [1.54, 1.807) is 12.1 Å². The lowest BCUT2D eigenvalue weighted by atomic mass is 9.95. The van der Waals surface area contributed by atoms with Crippen molar-refractivity contribution in [3.63, 3.8) is 0 Å². The molecule has 0 saturated carbocycles. The van der Waals surface area contributed by atoms with E-state index < -0.39 is 0 Å². The maximum absolute atomic E-state index is 14.2. The summed E-state index contributed by atoms with van der Waals surface area (Å²) in [6.45, 7) is 2.45. The molecule has 0 spiro atoms. The van der Waals surface area contributed by atoms with Gasteiger partial charge in [-0.2, -0.15) is 0 Å². The molecular formula is C26H22FNO2. The number of ether oxygens (including phenoxy) is 1. The van der Waals surface area contributed by atoms with Crippen molar-refractivity contribution in [3.05, 3.63) is 72.0 Å². The average Bonchev–Trinajstić information content (AvgIpc) is 3.05. The van der Waals surface area contributed by atoms with Gasteiger partial charge in [-0.15, -0.1) is 0 Å². The maximum Gasteiger partial charge on any atom is 0.340 e. The van der Waals surface area contributed by atoms with Crippen molar-refractivity contribution in [1.29, 1.82) is 0 Å². The standard InChI is InChI=1S/C26H22FNO2/c1-3-4-13-30-26(29)22-15-20-18-8-6-5-7-16(18)9-11-19(20)24-21-14-17(27)10-12-23(21)28(2)25(22)24/h5-12,14-15H,3-4,13H2,1-2H3. The fourth-order valence-electron chi connectivity index (χ4n) is 4.43. The first-order chi connectivity index (χ1) is 14.6. The van der Waals surface area contributed by atoms with E-state index in [0.29, 0.717) is 12.2 Å². The van der Waals surface area contributed by atoms with Gasteiger partial charge < -0.3 is 9.30 Å². The Labute approximate surface area is 173 Å². The zero-order chi connectivity index (χ0) is 20.8. The van der Waals surface area contributed by atoms with Crippen molar-refractivity contribution >= 4 is 49.3 Å². The van der Waals surface area contributed by atoms with Crippen LogP contribution in [0.2, 0.25) is 0 Å². The number of halogens is 1. The summed E-state index contributed by atoms with van der Waals surface area (Å²) in [4.78, 5) is 13.1. The first-order valence-corrected chi connectivity index (χ1v) is 10.3. The van der Waals surface area contributed by atoms with Crippen LogP contribution < -0.4 is 0 Å². The molecule has 4 heteroatoms. The van der Waals surface area contributed by atoms with Gasteiger partial charge >= 0.3 is 5.97 Å². The van der Waals surface area contributed by atoms with Crippen LogP contribution in [-0.2, 0) is 11.8 Å². The molecule has 0 radical (unpaired) electrons. The first kappa shape index (κ1) is 18.6. The van der Waals surface area contributed by atoms with E-state index in [2.05, 4.69) is 31.2 Å². The quantitative estimate of drug-likeness (QED) is 0.190. The van der Waals surface area contributed by atoms with Crippen molar-refractivity contribution in [1.82, 2.24) is 4.57 Å². The number of aromatic nitrogens is 1. The minimum Gasteiger partial charge on any atom is -0.462 e. The highest BCUT2D eigenvalue weighted by Gasteiger charge is 2.21. The number of esters is 1. The average molecular weight is 399 g/mol. The van der Waals surface area contributed by atoms with E-state index in [-0.39, 0.29) is 11.8 Å². The predicted octanol–water partition coefficient (Wildman–Crippen LogP) is 6.73. The van der Waals surface area contributed by atoms with Gasteiger partial charge in [-0.1, -0.05) is 49.7 Å². The molecule has 3 nitrogen and oxygen atoms in total. The minimum atomic E-state index is -0.338. The second kappa shape index (κ2) is 7.13. The van der Waals surface area contributed by atoms with E-state index in [9.17, 15) is 9.18 Å². The molecule has 4 aromatic carbocycles. The second-order valence-corrected chi connectivity index (χ2v) is 7.74. The maximum atomic E-state index is 14.2. The van der Waals surface area contributed by atoms with Gasteiger partial charge in [0.05, 0.1) is 17.7 Å². The van der Waals surface area contributed by atoms with E-state index in [0.717, 1.165) is 56.2 Å². The smallest absolute Gasteiger partial charge is 0.340 e. The molecule has 0 fully saturated rings. The fraction of sp³-hybridized carbons (Fsp3) is 0.192. The number of carbonyl (C=O) groups excluding carboxylic acids is 1. The molecule has 0 bridgehead atoms. The molecule has 1 aromatic heterocycles. The number of unbranched alkanes of at least 4 members (excludes halogenated alkanes) is 1. The Hall–Kier alpha value is -3.40. The van der Waals surface area contributed by atoms with Gasteiger partial charge in [0.15, 0.2) is 0 Å². The number of aryl methyl sites for hydroxylation is 1. The summed E-state index contributed by atoms with van der Waals surface area (Å²) >= 11 is 0. The van der Waals surface area contributed by atoms with Crippen LogP contribution in [0.25, 0.3) is 43.4 Å². The molecule has 0 saturated heterocycles. The third-order valence-electron chi connectivity index (χ3n) is 5.90. The van der Waals surface area contributed by atoms with Crippen LogP contribution >= 0.6 is 0 Å². The molecular weight excluding hydrogens is 377 g/mol. The molecule has 1 heterocycles. The van der Waals surface area contributed by atoms with Crippen LogP contribution in [0, 0.1) is 5.82 Å². The van der Waals surface area contributed by atoms with Crippen molar-refractivity contribution < 1.29 is 13.9 Å². The van der Waals surface area contributed by atoms with Crippen LogP contribution in [0.3, 0.4) is 0 Å². The predicted molar refractivity (Wildman–Crippen MR) is 121 cm³/mol. The summed E-state index contributed by atoms with van der Waals surface area (Å²) in [5.74, 6) is -0.630. The van der Waals surface area contributed by atoms with Crippen LogP contribution in [0.1, 0.15) is 30.1 Å². The summed E-state index contributed by atoms with van der Waals surface area (Å²) in [7, 11) is 1.91. The summed E-state index contributed by atoms with van der Waals surface area (Å²) in [6, 6.07) is 19.0. The van der Waals surface area contributed by atoms with E-state index in [4.69, 9.17) is 4.74 Å². The Kier molecular flexibility index (Phi) is 4.43. The summed E-state index contributed by atoms with van der Waals surface area (Å²) < 4.78 is 21.7. The van der Waals surface area contributed by atoms with Gasteiger partial charge in [-0.3, -0.25) is 0 Å². The fourth-order valence-corrected chi connectivity index (χ4v) is 4.43. The summed E-state index contributed by atoms with van der Waals surface area (Å²) in [6.07, 6.45) is 1.78. The van der Waals surface area contributed by atoms with Crippen molar-refractivity contribution in [2.45, 2.75) is 19.8 Å². The van der Waals surface area contributed by atoms with E-state index in [1.165, 1.54) is 6.07 Å². The zero-order valence-corrected chi connectivity index (χ0v) is 17.0. The first-order valence-electron chi connectivity index (χ1n) is 10.3. The highest BCUT2D eigenvalue weighted by atomic mass is 19.1. The number of hydrogen-bond acceptors (Lipinski definition) is 2. The number of nitrogens with zero attached hydrogens (tertiary/aromatic N) is 1. The van der Waals surface area contributed by atoms with Gasteiger partial charge in [-0.05, 0) is 52.2 Å². The molecule has 0 amide bonds. The Morgan fingerprint density at radius 1 is 0.967 bits per heavy atom. The van der Waals surface area contributed by atoms with Gasteiger partial charge in [0.25, 0.3) is 0 Å². The number of carbonyl (C=O) groups is 1. The monoisotopic (exact) mass is 399 g/mol. The normalized spacial score (nSPS) is 11.7. The second-order valence-electron chi connectivity index (χ2n) is 7.74. The molecule has 0 atom stereocenters. The number of fused-ring (bicyclic) bond motifs is 7. The van der Waals surface area contributed by atoms with Crippen molar-refractivity contribution in [3.8, 4) is 0 Å². The molecule has 150 valence electrons. The van der Waals surface area contributed by atoms with Crippen LogP contribution in [-0.4, -0.2) is 17.1 Å². The van der Waals surface area contributed by atoms with E-state index >= 15 is 0 Å². The molecule has 0 N–H and O–H groups in total. The highest BCUT2D eigenvalue weighted by molar-refractivity contribution is 6.28. The number of hydrogen-bond donors (Lipinski definition) is 0. The topological polar surface area (TPSA) is 31.2 Å². The van der Waals surface area contributed by atoms with Gasteiger partial charge in [0.2, 0.25) is 0 Å². The number of rotatable bonds is 4. The third kappa shape index (κ3) is 2.75. The van der Waals surface area contributed by atoms with E-state index in [1.807, 2.05) is 29.8 Å². The van der Waals surface area contributed by atoms with Gasteiger partial charge in [0, 0.05) is 23.3 Å². The molecule has 5 aromatic rings. The largest absolute Gasteiger partial charge is 0.462 e. The van der Waals surface area contributed by atoms with Crippen LogP contribution in [0.15, 0.2) is 60.7 Å². The molecule has 0 aliphatic heterocycles. The number of benzene rings is 4. The Morgan fingerprint density at radius 2 is 1.80 bits per heavy atom. The Bertz CT molecular complexity index is 1450. The van der Waals surface area contributed by atoms with Crippen LogP contribution in [0.5, 0.6) is 0 Å².